The van der Waals surface area contributed by atoms with Crippen LogP contribution in [0, 0.1) is 0 Å². The highest BCUT2D eigenvalue weighted by Crippen LogP contribution is 2.07. The minimum absolute atomic E-state index is 0.437. The molecule has 1 atom stereocenters. The van der Waals surface area contributed by atoms with Gasteiger partial charge in [0.1, 0.15) is 0 Å². The molecule has 0 aromatic carbocycles. The summed E-state index contributed by atoms with van der Waals surface area (Å²) in [7, 11) is 0. The van der Waals surface area contributed by atoms with E-state index in [2.05, 4.69) is 34.9 Å². The zero-order chi connectivity index (χ0) is 10.5. The van der Waals surface area contributed by atoms with Crippen molar-refractivity contribution in [1.29, 1.82) is 0 Å². The SMILES string of the molecule is CC(Cn1cccn1)NCc1cccs1. The Morgan fingerprint density at radius 1 is 1.53 bits per heavy atom. The van der Waals surface area contributed by atoms with Crippen molar-refractivity contribution in [2.75, 3.05) is 0 Å². The summed E-state index contributed by atoms with van der Waals surface area (Å²) in [6, 6.07) is 6.62. The van der Waals surface area contributed by atoms with Gasteiger partial charge in [-0.2, -0.15) is 5.10 Å². The van der Waals surface area contributed by atoms with Crippen molar-refractivity contribution in [2.45, 2.75) is 26.1 Å². The van der Waals surface area contributed by atoms with Gasteiger partial charge in [0.2, 0.25) is 0 Å². The molecule has 80 valence electrons. The molecule has 0 aliphatic heterocycles. The average Bonchev–Trinajstić information content (AvgIpc) is 2.86. The van der Waals surface area contributed by atoms with Gasteiger partial charge in [0.15, 0.2) is 0 Å². The van der Waals surface area contributed by atoms with E-state index in [9.17, 15) is 0 Å². The summed E-state index contributed by atoms with van der Waals surface area (Å²) in [4.78, 5) is 1.38. The summed E-state index contributed by atoms with van der Waals surface area (Å²) >= 11 is 1.79. The Bertz CT molecular complexity index is 366. The molecule has 2 aromatic rings. The maximum atomic E-state index is 4.18. The molecular weight excluding hydrogens is 206 g/mol. The lowest BCUT2D eigenvalue weighted by Crippen LogP contribution is -2.29. The van der Waals surface area contributed by atoms with Crippen LogP contribution in [0.2, 0.25) is 0 Å². The molecule has 0 bridgehead atoms. The lowest BCUT2D eigenvalue weighted by molar-refractivity contribution is 0.452. The molecule has 0 radical (unpaired) electrons. The number of hydrogen-bond donors (Lipinski definition) is 1. The zero-order valence-electron chi connectivity index (χ0n) is 8.76. The van der Waals surface area contributed by atoms with Gasteiger partial charge in [-0.25, -0.2) is 0 Å². The Morgan fingerprint density at radius 3 is 3.13 bits per heavy atom. The van der Waals surface area contributed by atoms with Crippen LogP contribution in [-0.2, 0) is 13.1 Å². The molecule has 0 spiro atoms. The summed E-state index contributed by atoms with van der Waals surface area (Å²) in [5.41, 5.74) is 0. The smallest absolute Gasteiger partial charge is 0.0560 e. The van der Waals surface area contributed by atoms with Gasteiger partial charge in [0, 0.05) is 29.9 Å². The van der Waals surface area contributed by atoms with Gasteiger partial charge in [0.25, 0.3) is 0 Å². The van der Waals surface area contributed by atoms with E-state index < -0.39 is 0 Å². The highest BCUT2D eigenvalue weighted by Gasteiger charge is 2.02. The zero-order valence-corrected chi connectivity index (χ0v) is 9.57. The van der Waals surface area contributed by atoms with E-state index in [0.717, 1.165) is 13.1 Å². The second-order valence-electron chi connectivity index (χ2n) is 3.59. The molecule has 2 aromatic heterocycles. The average molecular weight is 221 g/mol. The van der Waals surface area contributed by atoms with E-state index in [1.54, 1.807) is 11.3 Å². The molecule has 0 aliphatic rings. The van der Waals surface area contributed by atoms with Crippen molar-refractivity contribution in [3.8, 4) is 0 Å². The highest BCUT2D eigenvalue weighted by molar-refractivity contribution is 7.09. The third-order valence-corrected chi connectivity index (χ3v) is 3.10. The van der Waals surface area contributed by atoms with E-state index >= 15 is 0 Å². The number of aromatic nitrogens is 2. The van der Waals surface area contributed by atoms with E-state index in [1.165, 1.54) is 4.88 Å². The van der Waals surface area contributed by atoms with E-state index in [0.29, 0.717) is 6.04 Å². The minimum Gasteiger partial charge on any atom is -0.308 e. The molecule has 0 aliphatic carbocycles. The molecule has 0 saturated carbocycles. The standard InChI is InChI=1S/C11H15N3S/c1-10(9-14-6-3-5-13-14)12-8-11-4-2-7-15-11/h2-7,10,12H,8-9H2,1H3. The van der Waals surface area contributed by atoms with Crippen molar-refractivity contribution in [3.63, 3.8) is 0 Å². The van der Waals surface area contributed by atoms with Crippen molar-refractivity contribution < 1.29 is 0 Å². The maximum absolute atomic E-state index is 4.18. The molecular formula is C11H15N3S. The van der Waals surface area contributed by atoms with Crippen molar-refractivity contribution in [2.24, 2.45) is 0 Å². The number of thiophene rings is 1. The Balaban J connectivity index is 1.76. The van der Waals surface area contributed by atoms with Crippen LogP contribution >= 0.6 is 11.3 Å². The van der Waals surface area contributed by atoms with Gasteiger partial charge in [0.05, 0.1) is 6.54 Å². The van der Waals surface area contributed by atoms with Crippen molar-refractivity contribution in [1.82, 2.24) is 15.1 Å². The Kier molecular flexibility index (Phi) is 3.53. The summed E-state index contributed by atoms with van der Waals surface area (Å²) in [5.74, 6) is 0. The molecule has 1 unspecified atom stereocenters. The molecule has 0 fully saturated rings. The lowest BCUT2D eigenvalue weighted by Gasteiger charge is -2.12. The lowest BCUT2D eigenvalue weighted by atomic mass is 10.3. The predicted molar refractivity (Wildman–Crippen MR) is 62.8 cm³/mol. The summed E-state index contributed by atoms with van der Waals surface area (Å²) in [5, 5.41) is 9.76. The quantitative estimate of drug-likeness (QED) is 0.838. The van der Waals surface area contributed by atoms with Crippen LogP contribution in [0.1, 0.15) is 11.8 Å². The second-order valence-corrected chi connectivity index (χ2v) is 4.62. The normalized spacial score (nSPS) is 12.9. The van der Waals surface area contributed by atoms with Crippen molar-refractivity contribution >= 4 is 11.3 Å². The van der Waals surface area contributed by atoms with Crippen LogP contribution in [0.3, 0.4) is 0 Å². The first-order valence-electron chi connectivity index (χ1n) is 5.08. The third-order valence-electron chi connectivity index (χ3n) is 2.22. The third kappa shape index (κ3) is 3.18. The molecule has 2 heterocycles. The first-order valence-corrected chi connectivity index (χ1v) is 5.96. The van der Waals surface area contributed by atoms with Gasteiger partial charge in [-0.05, 0) is 24.4 Å². The van der Waals surface area contributed by atoms with Crippen LogP contribution in [0.4, 0.5) is 0 Å². The summed E-state index contributed by atoms with van der Waals surface area (Å²) < 4.78 is 1.95. The molecule has 0 amide bonds. The van der Waals surface area contributed by atoms with Crippen LogP contribution in [0.25, 0.3) is 0 Å². The predicted octanol–water partition coefficient (Wildman–Crippen LogP) is 2.12. The maximum Gasteiger partial charge on any atom is 0.0560 e. The second kappa shape index (κ2) is 5.09. The summed E-state index contributed by atoms with van der Waals surface area (Å²) in [6.07, 6.45) is 3.80. The summed E-state index contributed by atoms with van der Waals surface area (Å²) in [6.45, 7) is 4.04. The minimum atomic E-state index is 0.437. The van der Waals surface area contributed by atoms with Crippen LogP contribution in [-0.4, -0.2) is 15.8 Å². The number of rotatable bonds is 5. The van der Waals surface area contributed by atoms with Gasteiger partial charge in [-0.1, -0.05) is 6.07 Å². The van der Waals surface area contributed by atoms with E-state index in [1.807, 2.05) is 23.1 Å². The largest absolute Gasteiger partial charge is 0.308 e. The van der Waals surface area contributed by atoms with E-state index in [4.69, 9.17) is 0 Å². The molecule has 2 rings (SSSR count). The highest BCUT2D eigenvalue weighted by atomic mass is 32.1. The molecule has 1 N–H and O–H groups in total. The first kappa shape index (κ1) is 10.4. The topological polar surface area (TPSA) is 29.9 Å². The Morgan fingerprint density at radius 2 is 2.47 bits per heavy atom. The molecule has 3 nitrogen and oxygen atoms in total. The monoisotopic (exact) mass is 221 g/mol. The molecule has 0 saturated heterocycles. The number of nitrogens with one attached hydrogen (secondary N) is 1. The van der Waals surface area contributed by atoms with Gasteiger partial charge >= 0.3 is 0 Å². The van der Waals surface area contributed by atoms with Gasteiger partial charge < -0.3 is 5.32 Å². The molecule has 15 heavy (non-hydrogen) atoms. The fraction of sp³-hybridized carbons (Fsp3) is 0.364. The number of hydrogen-bond acceptors (Lipinski definition) is 3. The first-order chi connectivity index (χ1) is 7.34. The van der Waals surface area contributed by atoms with E-state index in [-0.39, 0.29) is 0 Å². The Hall–Kier alpha value is -1.13. The van der Waals surface area contributed by atoms with Crippen molar-refractivity contribution in [3.05, 3.63) is 40.8 Å². The molecule has 4 heteroatoms. The number of nitrogens with zero attached hydrogens (tertiary/aromatic N) is 2. The van der Waals surface area contributed by atoms with Crippen LogP contribution < -0.4 is 5.32 Å². The van der Waals surface area contributed by atoms with Crippen LogP contribution in [0.5, 0.6) is 0 Å². The fourth-order valence-electron chi connectivity index (χ4n) is 1.44. The fourth-order valence-corrected chi connectivity index (χ4v) is 2.10. The van der Waals surface area contributed by atoms with Gasteiger partial charge in [-0.3, -0.25) is 4.68 Å². The van der Waals surface area contributed by atoms with Gasteiger partial charge in [-0.15, -0.1) is 11.3 Å². The van der Waals surface area contributed by atoms with Crippen LogP contribution in [0.15, 0.2) is 36.0 Å². The Labute approximate surface area is 93.7 Å².